The Hall–Kier alpha value is -1.65. The van der Waals surface area contributed by atoms with Crippen LogP contribution in [0.1, 0.15) is 19.4 Å². The number of hydrogen-bond acceptors (Lipinski definition) is 3. The largest absolute Gasteiger partial charge is 0.368 e. The number of carbonyl (C=O) groups is 1. The zero-order valence-corrected chi connectivity index (χ0v) is 16.9. The fourth-order valence-corrected chi connectivity index (χ4v) is 4.40. The number of anilines is 1. The van der Waals surface area contributed by atoms with Gasteiger partial charge in [-0.25, -0.2) is 0 Å². The molecule has 0 aliphatic carbocycles. The molecule has 0 spiro atoms. The summed E-state index contributed by atoms with van der Waals surface area (Å²) < 4.78 is 0. The molecule has 1 aliphatic rings. The highest BCUT2D eigenvalue weighted by molar-refractivity contribution is 8.00. The van der Waals surface area contributed by atoms with Crippen LogP contribution in [-0.4, -0.2) is 42.2 Å². The molecule has 0 N–H and O–H groups in total. The lowest BCUT2D eigenvalue weighted by Crippen LogP contribution is -2.50. The van der Waals surface area contributed by atoms with Crippen molar-refractivity contribution in [3.63, 3.8) is 0 Å². The van der Waals surface area contributed by atoms with Gasteiger partial charge < -0.3 is 9.80 Å². The number of rotatable bonds is 5. The van der Waals surface area contributed by atoms with Crippen LogP contribution in [0.4, 0.5) is 5.69 Å². The molecule has 0 radical (unpaired) electrons. The van der Waals surface area contributed by atoms with Crippen LogP contribution in [0, 0.1) is 0 Å². The average molecular weight is 389 g/mol. The minimum atomic E-state index is -0.134. The highest BCUT2D eigenvalue weighted by Crippen LogP contribution is 2.31. The first kappa shape index (κ1) is 19.1. The monoisotopic (exact) mass is 388 g/mol. The van der Waals surface area contributed by atoms with Gasteiger partial charge in [0.2, 0.25) is 5.91 Å². The molecule has 2 aromatic rings. The SMILES string of the molecule is CCc1ccc(N2CCN(C(=O)C(C)Sc3ccccc3Cl)CC2)cc1. The van der Waals surface area contributed by atoms with E-state index in [0.717, 1.165) is 37.5 Å². The summed E-state index contributed by atoms with van der Waals surface area (Å²) in [7, 11) is 0. The van der Waals surface area contributed by atoms with E-state index in [-0.39, 0.29) is 11.2 Å². The second-order valence-corrected chi connectivity index (χ2v) is 8.31. The van der Waals surface area contributed by atoms with Gasteiger partial charge in [0.15, 0.2) is 0 Å². The van der Waals surface area contributed by atoms with E-state index in [1.54, 1.807) is 0 Å². The van der Waals surface area contributed by atoms with Crippen molar-refractivity contribution in [2.24, 2.45) is 0 Å². The van der Waals surface area contributed by atoms with Gasteiger partial charge in [0.05, 0.1) is 10.3 Å². The number of amides is 1. The molecule has 5 heteroatoms. The number of carbonyl (C=O) groups excluding carboxylic acids is 1. The van der Waals surface area contributed by atoms with Crippen molar-refractivity contribution in [3.05, 3.63) is 59.1 Å². The molecule has 2 aromatic carbocycles. The van der Waals surface area contributed by atoms with E-state index >= 15 is 0 Å². The number of aryl methyl sites for hydroxylation is 1. The second kappa shape index (κ2) is 8.83. The summed E-state index contributed by atoms with van der Waals surface area (Å²) in [5, 5.41) is 0.572. The minimum Gasteiger partial charge on any atom is -0.368 e. The van der Waals surface area contributed by atoms with E-state index in [9.17, 15) is 4.79 Å². The maximum Gasteiger partial charge on any atom is 0.235 e. The molecule has 1 unspecified atom stereocenters. The van der Waals surface area contributed by atoms with Crippen molar-refractivity contribution >= 4 is 35.0 Å². The molecular weight excluding hydrogens is 364 g/mol. The third-order valence-electron chi connectivity index (χ3n) is 4.79. The summed E-state index contributed by atoms with van der Waals surface area (Å²) in [6.45, 7) is 7.42. The van der Waals surface area contributed by atoms with Crippen molar-refractivity contribution in [1.82, 2.24) is 4.90 Å². The Kier molecular flexibility index (Phi) is 6.49. The molecule has 1 fully saturated rings. The Bertz CT molecular complexity index is 742. The number of thioether (sulfide) groups is 1. The Labute approximate surface area is 165 Å². The van der Waals surface area contributed by atoms with Crippen LogP contribution in [0.5, 0.6) is 0 Å². The van der Waals surface area contributed by atoms with E-state index in [4.69, 9.17) is 11.6 Å². The smallest absolute Gasteiger partial charge is 0.235 e. The first-order chi connectivity index (χ1) is 12.6. The van der Waals surface area contributed by atoms with Crippen LogP contribution >= 0.6 is 23.4 Å². The third-order valence-corrected chi connectivity index (χ3v) is 6.40. The molecule has 1 atom stereocenters. The number of nitrogens with zero attached hydrogens (tertiary/aromatic N) is 2. The first-order valence-electron chi connectivity index (χ1n) is 9.12. The second-order valence-electron chi connectivity index (χ2n) is 6.52. The van der Waals surface area contributed by atoms with Crippen LogP contribution in [0.2, 0.25) is 5.02 Å². The maximum absolute atomic E-state index is 12.8. The summed E-state index contributed by atoms with van der Waals surface area (Å²) >= 11 is 7.75. The molecule has 0 saturated carbocycles. The molecule has 26 heavy (non-hydrogen) atoms. The van der Waals surface area contributed by atoms with Gasteiger partial charge in [-0.1, -0.05) is 42.8 Å². The van der Waals surface area contributed by atoms with Crippen molar-refractivity contribution in [2.75, 3.05) is 31.1 Å². The molecule has 1 heterocycles. The zero-order chi connectivity index (χ0) is 18.5. The number of hydrogen-bond donors (Lipinski definition) is 0. The topological polar surface area (TPSA) is 23.6 Å². The van der Waals surface area contributed by atoms with Gasteiger partial charge >= 0.3 is 0 Å². The highest BCUT2D eigenvalue weighted by atomic mass is 35.5. The Morgan fingerprint density at radius 2 is 1.73 bits per heavy atom. The minimum absolute atomic E-state index is 0.134. The Morgan fingerprint density at radius 3 is 2.35 bits per heavy atom. The standard InChI is InChI=1S/C21H25ClN2OS/c1-3-17-8-10-18(11-9-17)23-12-14-24(15-13-23)21(25)16(2)26-20-7-5-4-6-19(20)22/h4-11,16H,3,12-15H2,1-2H3. The number of piperazine rings is 1. The van der Waals surface area contributed by atoms with Gasteiger partial charge in [-0.15, -0.1) is 11.8 Å². The summed E-state index contributed by atoms with van der Waals surface area (Å²) in [4.78, 5) is 18.1. The van der Waals surface area contributed by atoms with Crippen LogP contribution in [0.25, 0.3) is 0 Å². The molecular formula is C21H25ClN2OS. The van der Waals surface area contributed by atoms with Crippen molar-refractivity contribution in [3.8, 4) is 0 Å². The molecule has 0 bridgehead atoms. The van der Waals surface area contributed by atoms with Gasteiger partial charge in [-0.05, 0) is 43.2 Å². The lowest BCUT2D eigenvalue weighted by molar-refractivity contribution is -0.130. The zero-order valence-electron chi connectivity index (χ0n) is 15.3. The predicted molar refractivity (Wildman–Crippen MR) is 111 cm³/mol. The van der Waals surface area contributed by atoms with Crippen LogP contribution in [-0.2, 0) is 11.2 Å². The van der Waals surface area contributed by atoms with Crippen LogP contribution < -0.4 is 4.90 Å². The van der Waals surface area contributed by atoms with E-state index in [2.05, 4.69) is 36.1 Å². The summed E-state index contributed by atoms with van der Waals surface area (Å²) in [5.74, 6) is 0.191. The summed E-state index contributed by atoms with van der Waals surface area (Å²) in [6, 6.07) is 16.4. The molecule has 138 valence electrons. The average Bonchev–Trinajstić information content (AvgIpc) is 2.69. The fraction of sp³-hybridized carbons (Fsp3) is 0.381. The van der Waals surface area contributed by atoms with Gasteiger partial charge in [-0.2, -0.15) is 0 Å². The predicted octanol–water partition coefficient (Wildman–Crippen LogP) is 4.73. The molecule has 1 amide bonds. The van der Waals surface area contributed by atoms with E-state index in [0.29, 0.717) is 5.02 Å². The number of halogens is 1. The molecule has 3 rings (SSSR count). The normalized spacial score (nSPS) is 15.8. The summed E-state index contributed by atoms with van der Waals surface area (Å²) in [5.41, 5.74) is 2.60. The van der Waals surface area contributed by atoms with E-state index in [1.807, 2.05) is 36.1 Å². The molecule has 3 nitrogen and oxygen atoms in total. The highest BCUT2D eigenvalue weighted by Gasteiger charge is 2.26. The van der Waals surface area contributed by atoms with Gasteiger partial charge in [0.1, 0.15) is 0 Å². The summed E-state index contributed by atoms with van der Waals surface area (Å²) in [6.07, 6.45) is 1.06. The lowest BCUT2D eigenvalue weighted by Gasteiger charge is -2.37. The molecule has 1 saturated heterocycles. The Balaban J connectivity index is 1.55. The molecule has 0 aromatic heterocycles. The van der Waals surface area contributed by atoms with Gasteiger partial charge in [0.25, 0.3) is 0 Å². The van der Waals surface area contributed by atoms with Crippen LogP contribution in [0.15, 0.2) is 53.4 Å². The van der Waals surface area contributed by atoms with Gasteiger partial charge in [0, 0.05) is 36.8 Å². The van der Waals surface area contributed by atoms with Gasteiger partial charge in [-0.3, -0.25) is 4.79 Å². The van der Waals surface area contributed by atoms with Crippen LogP contribution in [0.3, 0.4) is 0 Å². The maximum atomic E-state index is 12.8. The number of benzene rings is 2. The lowest BCUT2D eigenvalue weighted by atomic mass is 10.1. The van der Waals surface area contributed by atoms with E-state index in [1.165, 1.54) is 23.0 Å². The Morgan fingerprint density at radius 1 is 1.08 bits per heavy atom. The van der Waals surface area contributed by atoms with Crippen molar-refractivity contribution < 1.29 is 4.79 Å². The first-order valence-corrected chi connectivity index (χ1v) is 10.4. The van der Waals surface area contributed by atoms with Crippen molar-refractivity contribution in [1.29, 1.82) is 0 Å². The third kappa shape index (κ3) is 4.54. The molecule has 1 aliphatic heterocycles. The van der Waals surface area contributed by atoms with E-state index < -0.39 is 0 Å². The fourth-order valence-electron chi connectivity index (χ4n) is 3.17. The quantitative estimate of drug-likeness (QED) is 0.691. The van der Waals surface area contributed by atoms with Crippen molar-refractivity contribution in [2.45, 2.75) is 30.4 Å².